The molecule has 1 nitrogen and oxygen atoms in total. The van der Waals surface area contributed by atoms with Crippen molar-refractivity contribution in [1.29, 1.82) is 0 Å². The topological polar surface area (TPSA) is 3.24 Å². The van der Waals surface area contributed by atoms with Crippen molar-refractivity contribution in [3.63, 3.8) is 0 Å². The van der Waals surface area contributed by atoms with E-state index in [0.29, 0.717) is 0 Å². The zero-order chi connectivity index (χ0) is 36.6. The van der Waals surface area contributed by atoms with Crippen LogP contribution in [-0.4, -0.2) is 0 Å². The highest BCUT2D eigenvalue weighted by atomic mass is 15.1. The first-order valence-corrected chi connectivity index (χ1v) is 18.9. The zero-order valence-corrected chi connectivity index (χ0v) is 30.3. The first-order valence-electron chi connectivity index (χ1n) is 18.9. The van der Waals surface area contributed by atoms with Gasteiger partial charge in [0.25, 0.3) is 0 Å². The fourth-order valence-electron chi connectivity index (χ4n) is 8.25. The maximum Gasteiger partial charge on any atom is 0.0625 e. The van der Waals surface area contributed by atoms with Crippen LogP contribution in [0.4, 0.5) is 17.1 Å². The molecule has 0 spiro atoms. The molecule has 0 bridgehead atoms. The summed E-state index contributed by atoms with van der Waals surface area (Å²) < 4.78 is 0. The molecule has 0 unspecified atom stereocenters. The van der Waals surface area contributed by atoms with E-state index >= 15 is 0 Å². The molecule has 0 saturated heterocycles. The van der Waals surface area contributed by atoms with E-state index in [1.807, 2.05) is 0 Å². The van der Waals surface area contributed by atoms with Crippen LogP contribution >= 0.6 is 0 Å². The van der Waals surface area contributed by atoms with E-state index in [4.69, 9.17) is 0 Å². The second-order valence-corrected chi connectivity index (χ2v) is 14.1. The molecule has 0 amide bonds. The summed E-state index contributed by atoms with van der Waals surface area (Å²) in [5, 5.41) is 7.34. The second kappa shape index (κ2) is 14.0. The summed E-state index contributed by atoms with van der Waals surface area (Å²) in [5.41, 5.74) is 12.8. The molecule has 55 heavy (non-hydrogen) atoms. The van der Waals surface area contributed by atoms with Crippen LogP contribution in [0.5, 0.6) is 0 Å². The molecule has 0 N–H and O–H groups in total. The highest BCUT2D eigenvalue weighted by molar-refractivity contribution is 6.24. The Balaban J connectivity index is 1.35. The molecule has 0 heterocycles. The van der Waals surface area contributed by atoms with Gasteiger partial charge in [-0.1, -0.05) is 194 Å². The number of benzene rings is 10. The largest absolute Gasteiger partial charge is 0.309 e. The van der Waals surface area contributed by atoms with Crippen molar-refractivity contribution in [3.05, 3.63) is 224 Å². The molecule has 1 heteroatoms. The smallest absolute Gasteiger partial charge is 0.0625 e. The molecule has 0 atom stereocenters. The number of nitrogens with zero attached hydrogens (tertiary/aromatic N) is 1. The van der Waals surface area contributed by atoms with Crippen LogP contribution in [0.1, 0.15) is 0 Å². The van der Waals surface area contributed by atoms with E-state index in [2.05, 4.69) is 229 Å². The van der Waals surface area contributed by atoms with Gasteiger partial charge in [0.1, 0.15) is 0 Å². The van der Waals surface area contributed by atoms with Crippen molar-refractivity contribution < 1.29 is 0 Å². The Kier molecular flexibility index (Phi) is 8.24. The van der Waals surface area contributed by atoms with Gasteiger partial charge < -0.3 is 4.90 Å². The Bertz CT molecular complexity index is 2890. The van der Waals surface area contributed by atoms with Gasteiger partial charge in [0, 0.05) is 22.3 Å². The van der Waals surface area contributed by atoms with E-state index in [-0.39, 0.29) is 0 Å². The Morgan fingerprint density at radius 2 is 0.691 bits per heavy atom. The minimum Gasteiger partial charge on any atom is -0.309 e. The predicted molar refractivity (Wildman–Crippen MR) is 235 cm³/mol. The number of hydrogen-bond acceptors (Lipinski definition) is 1. The van der Waals surface area contributed by atoms with Crippen LogP contribution in [-0.2, 0) is 0 Å². The summed E-state index contributed by atoms with van der Waals surface area (Å²) in [7, 11) is 0. The van der Waals surface area contributed by atoms with Gasteiger partial charge in [-0.25, -0.2) is 0 Å². The monoisotopic (exact) mass is 699 g/mol. The third-order valence-electron chi connectivity index (χ3n) is 10.8. The Morgan fingerprint density at radius 1 is 0.255 bits per heavy atom. The van der Waals surface area contributed by atoms with Crippen LogP contribution in [0.2, 0.25) is 0 Å². The molecule has 0 fully saturated rings. The molecule has 0 aliphatic carbocycles. The maximum absolute atomic E-state index is 2.51. The van der Waals surface area contributed by atoms with E-state index in [0.717, 1.165) is 17.1 Å². The fourth-order valence-corrected chi connectivity index (χ4v) is 8.25. The Hall–Kier alpha value is -7.22. The summed E-state index contributed by atoms with van der Waals surface area (Å²) in [6.07, 6.45) is 0. The van der Waals surface area contributed by atoms with Crippen molar-refractivity contribution in [1.82, 2.24) is 0 Å². The quantitative estimate of drug-likeness (QED) is 0.150. The first-order chi connectivity index (χ1) is 27.3. The minimum absolute atomic E-state index is 1.09. The summed E-state index contributed by atoms with van der Waals surface area (Å²) in [6, 6.07) is 81.6. The van der Waals surface area contributed by atoms with E-state index in [1.165, 1.54) is 76.8 Å². The van der Waals surface area contributed by atoms with Gasteiger partial charge >= 0.3 is 0 Å². The van der Waals surface area contributed by atoms with Crippen LogP contribution in [0.3, 0.4) is 0 Å². The number of anilines is 3. The molecule has 0 radical (unpaired) electrons. The predicted octanol–water partition coefficient (Wildman–Crippen LogP) is 15.3. The number of rotatable bonds is 7. The van der Waals surface area contributed by atoms with Gasteiger partial charge in [-0.05, 0) is 96.2 Å². The molecular formula is C54H37N. The van der Waals surface area contributed by atoms with Gasteiger partial charge in [0.2, 0.25) is 0 Å². The Morgan fingerprint density at radius 3 is 1.29 bits per heavy atom. The lowest BCUT2D eigenvalue weighted by atomic mass is 9.87. The van der Waals surface area contributed by atoms with Gasteiger partial charge in [0.05, 0.1) is 5.69 Å². The highest BCUT2D eigenvalue weighted by Crippen LogP contribution is 2.51. The molecule has 10 aromatic carbocycles. The zero-order valence-electron chi connectivity index (χ0n) is 30.3. The number of hydrogen-bond donors (Lipinski definition) is 0. The molecule has 0 aliphatic heterocycles. The van der Waals surface area contributed by atoms with E-state index in [1.54, 1.807) is 0 Å². The summed E-state index contributed by atoms with van der Waals surface area (Å²) in [4.78, 5) is 2.51. The molecule has 0 aliphatic rings. The van der Waals surface area contributed by atoms with Gasteiger partial charge in [-0.15, -0.1) is 0 Å². The number of fused-ring (bicyclic) bond motifs is 4. The van der Waals surface area contributed by atoms with E-state index in [9.17, 15) is 0 Å². The molecular weight excluding hydrogens is 663 g/mol. The van der Waals surface area contributed by atoms with E-state index < -0.39 is 0 Å². The normalized spacial score (nSPS) is 11.3. The Labute approximate surface area is 322 Å². The fraction of sp³-hybridized carbons (Fsp3) is 0. The minimum atomic E-state index is 1.09. The van der Waals surface area contributed by atoms with Crippen molar-refractivity contribution in [2.24, 2.45) is 0 Å². The standard InChI is InChI=1S/C54H37N/c1-4-17-38(18-5-1)41-31-33-45(34-32-41)55(46-36-43(39-19-6-2-7-20-39)35-44(37-46)40-21-8-3-9-22-40)54-52-29-15-13-27-49(52)48-26-12-14-28-51(48)53(54)50-30-16-24-42-23-10-11-25-47(42)50/h1-37H. The lowest BCUT2D eigenvalue weighted by Crippen LogP contribution is -2.13. The van der Waals surface area contributed by atoms with Crippen molar-refractivity contribution >= 4 is 49.4 Å². The first kappa shape index (κ1) is 32.4. The summed E-state index contributed by atoms with van der Waals surface area (Å²) in [6.45, 7) is 0. The second-order valence-electron chi connectivity index (χ2n) is 14.1. The molecule has 10 rings (SSSR count). The van der Waals surface area contributed by atoms with Crippen molar-refractivity contribution in [2.75, 3.05) is 4.90 Å². The average Bonchev–Trinajstić information content (AvgIpc) is 3.27. The van der Waals surface area contributed by atoms with Crippen LogP contribution in [0.25, 0.3) is 76.8 Å². The van der Waals surface area contributed by atoms with Gasteiger partial charge in [-0.2, -0.15) is 0 Å². The maximum atomic E-state index is 2.51. The SMILES string of the molecule is c1ccc(-c2ccc(N(c3cc(-c4ccccc4)cc(-c4ccccc4)c3)c3c(-c4cccc5ccccc45)c4ccccc4c4ccccc34)cc2)cc1. The summed E-state index contributed by atoms with van der Waals surface area (Å²) >= 11 is 0. The average molecular weight is 700 g/mol. The molecule has 0 saturated carbocycles. The van der Waals surface area contributed by atoms with Crippen LogP contribution in [0, 0.1) is 0 Å². The molecule has 10 aromatic rings. The highest BCUT2D eigenvalue weighted by Gasteiger charge is 2.25. The van der Waals surface area contributed by atoms with Gasteiger partial charge in [-0.3, -0.25) is 0 Å². The summed E-state index contributed by atoms with van der Waals surface area (Å²) in [5.74, 6) is 0. The lowest BCUT2D eigenvalue weighted by molar-refractivity contribution is 1.30. The van der Waals surface area contributed by atoms with Gasteiger partial charge in [0.15, 0.2) is 0 Å². The third-order valence-corrected chi connectivity index (χ3v) is 10.8. The van der Waals surface area contributed by atoms with Crippen molar-refractivity contribution in [3.8, 4) is 44.5 Å². The molecule has 0 aromatic heterocycles. The van der Waals surface area contributed by atoms with Crippen LogP contribution < -0.4 is 4.90 Å². The van der Waals surface area contributed by atoms with Crippen molar-refractivity contribution in [2.45, 2.75) is 0 Å². The lowest BCUT2D eigenvalue weighted by Gasteiger charge is -2.32. The van der Waals surface area contributed by atoms with Crippen LogP contribution in [0.15, 0.2) is 224 Å². The molecule has 258 valence electrons. The third kappa shape index (κ3) is 5.93.